The molecule has 1 atom stereocenters. The largest absolute Gasteiger partial charge is 0.368 e. The van der Waals surface area contributed by atoms with Crippen LogP contribution in [0.4, 0.5) is 5.69 Å². The Balaban J connectivity index is 1.68. The first-order chi connectivity index (χ1) is 12.2. The summed E-state index contributed by atoms with van der Waals surface area (Å²) in [4.78, 5) is 14.8. The third-order valence-corrected chi connectivity index (χ3v) is 7.15. The van der Waals surface area contributed by atoms with Gasteiger partial charge in [-0.05, 0) is 43.2 Å². The number of hydrogen-bond donors (Lipinski definition) is 2. The molecule has 1 aliphatic rings. The molecule has 1 fully saturated rings. The molecule has 1 aromatic heterocycles. The maximum Gasteiger partial charge on any atom is 0.261 e. The van der Waals surface area contributed by atoms with Gasteiger partial charge in [-0.2, -0.15) is 0 Å². The SMILES string of the molecule is NS(=O)(=O)c1ccc(C(=O)NC2CCCN(c3ccc(Cl)cc3Cl)C2)s1. The third-order valence-electron chi connectivity index (χ3n) is 4.09. The number of sulfonamides is 1. The first-order valence-corrected chi connectivity index (χ1v) is 11.0. The van der Waals surface area contributed by atoms with Crippen molar-refractivity contribution in [1.29, 1.82) is 0 Å². The highest BCUT2D eigenvalue weighted by atomic mass is 35.5. The molecular formula is C16H17Cl2N3O3S2. The predicted molar refractivity (Wildman–Crippen MR) is 105 cm³/mol. The van der Waals surface area contributed by atoms with Crippen LogP contribution in [0.1, 0.15) is 22.5 Å². The van der Waals surface area contributed by atoms with Gasteiger partial charge in [0.2, 0.25) is 10.0 Å². The van der Waals surface area contributed by atoms with Crippen LogP contribution in [0.5, 0.6) is 0 Å². The minimum atomic E-state index is -3.80. The molecule has 1 amide bonds. The van der Waals surface area contributed by atoms with Gasteiger partial charge in [0.15, 0.2) is 0 Å². The van der Waals surface area contributed by atoms with E-state index in [-0.39, 0.29) is 16.2 Å². The number of nitrogens with zero attached hydrogens (tertiary/aromatic N) is 1. The number of anilines is 1. The zero-order valence-corrected chi connectivity index (χ0v) is 16.8. The number of thiophene rings is 1. The van der Waals surface area contributed by atoms with Crippen molar-refractivity contribution < 1.29 is 13.2 Å². The summed E-state index contributed by atoms with van der Waals surface area (Å²) >= 11 is 13.1. The molecule has 140 valence electrons. The molecule has 3 rings (SSSR count). The first-order valence-electron chi connectivity index (χ1n) is 7.87. The van der Waals surface area contributed by atoms with Gasteiger partial charge in [-0.15, -0.1) is 11.3 Å². The number of piperidine rings is 1. The van der Waals surface area contributed by atoms with Crippen LogP contribution in [0, 0.1) is 0 Å². The minimum absolute atomic E-state index is 0.0270. The van der Waals surface area contributed by atoms with Crippen molar-refractivity contribution in [3.8, 4) is 0 Å². The van der Waals surface area contributed by atoms with Gasteiger partial charge < -0.3 is 10.2 Å². The van der Waals surface area contributed by atoms with Crippen molar-refractivity contribution in [3.63, 3.8) is 0 Å². The maximum absolute atomic E-state index is 12.4. The van der Waals surface area contributed by atoms with Crippen LogP contribution in [0.25, 0.3) is 0 Å². The summed E-state index contributed by atoms with van der Waals surface area (Å²) in [5.41, 5.74) is 0.877. The second kappa shape index (κ2) is 7.74. The molecule has 1 aromatic carbocycles. The average Bonchev–Trinajstić information content (AvgIpc) is 3.05. The fourth-order valence-corrected chi connectivity index (χ4v) is 5.06. The highest BCUT2D eigenvalue weighted by molar-refractivity contribution is 7.91. The number of nitrogens with one attached hydrogen (secondary N) is 1. The Hall–Kier alpha value is -1.32. The van der Waals surface area contributed by atoms with Crippen molar-refractivity contribution in [1.82, 2.24) is 5.32 Å². The van der Waals surface area contributed by atoms with Gasteiger partial charge in [0.1, 0.15) is 4.21 Å². The Labute approximate surface area is 165 Å². The second-order valence-corrected chi connectivity index (χ2v) is 9.73. The number of carbonyl (C=O) groups is 1. The molecule has 1 aliphatic heterocycles. The standard InChI is InChI=1S/C16H17Cl2N3O3S2/c17-10-3-4-13(12(18)8-10)21-7-1-2-11(9-21)20-16(22)14-5-6-15(25-14)26(19,23)24/h3-6,8,11H,1-2,7,9H2,(H,20,22)(H2,19,23,24). The summed E-state index contributed by atoms with van der Waals surface area (Å²) in [6, 6.07) is 8.09. The highest BCUT2D eigenvalue weighted by Crippen LogP contribution is 2.31. The summed E-state index contributed by atoms with van der Waals surface area (Å²) in [7, 11) is -3.80. The third kappa shape index (κ3) is 4.50. The van der Waals surface area contributed by atoms with E-state index in [1.807, 2.05) is 6.07 Å². The van der Waals surface area contributed by atoms with Crippen molar-refractivity contribution in [2.45, 2.75) is 23.1 Å². The number of carbonyl (C=O) groups excluding carboxylic acids is 1. The zero-order valence-electron chi connectivity index (χ0n) is 13.6. The van der Waals surface area contributed by atoms with Gasteiger partial charge in [-0.3, -0.25) is 4.79 Å². The van der Waals surface area contributed by atoms with Crippen molar-refractivity contribution in [2.75, 3.05) is 18.0 Å². The van der Waals surface area contributed by atoms with Gasteiger partial charge in [-0.25, -0.2) is 13.6 Å². The van der Waals surface area contributed by atoms with Gasteiger partial charge in [0.25, 0.3) is 5.91 Å². The quantitative estimate of drug-likeness (QED) is 0.774. The Kier molecular flexibility index (Phi) is 5.78. The lowest BCUT2D eigenvalue weighted by Crippen LogP contribution is -2.47. The summed E-state index contributed by atoms with van der Waals surface area (Å²) in [5, 5.41) is 9.18. The van der Waals surface area contributed by atoms with Gasteiger partial charge in [0.05, 0.1) is 15.6 Å². The molecule has 0 radical (unpaired) electrons. The second-order valence-electron chi connectivity index (χ2n) is 6.02. The molecule has 1 unspecified atom stereocenters. The minimum Gasteiger partial charge on any atom is -0.368 e. The fraction of sp³-hybridized carbons (Fsp3) is 0.312. The van der Waals surface area contributed by atoms with E-state index in [0.717, 1.165) is 36.4 Å². The highest BCUT2D eigenvalue weighted by Gasteiger charge is 2.24. The van der Waals surface area contributed by atoms with E-state index < -0.39 is 10.0 Å². The number of primary sulfonamides is 1. The lowest BCUT2D eigenvalue weighted by atomic mass is 10.0. The molecular weight excluding hydrogens is 417 g/mol. The topological polar surface area (TPSA) is 92.5 Å². The number of nitrogens with two attached hydrogens (primary N) is 1. The van der Waals surface area contributed by atoms with Crippen LogP contribution in [0.3, 0.4) is 0 Å². The number of halogens is 2. The summed E-state index contributed by atoms with van der Waals surface area (Å²) < 4.78 is 22.7. The monoisotopic (exact) mass is 433 g/mol. The number of benzene rings is 1. The Morgan fingerprint density at radius 1 is 1.27 bits per heavy atom. The molecule has 0 bridgehead atoms. The van der Waals surface area contributed by atoms with Crippen molar-refractivity contribution >= 4 is 56.2 Å². The van der Waals surface area contributed by atoms with E-state index in [9.17, 15) is 13.2 Å². The molecule has 26 heavy (non-hydrogen) atoms. The van der Waals surface area contributed by atoms with E-state index in [0.29, 0.717) is 21.5 Å². The van der Waals surface area contributed by atoms with Gasteiger partial charge in [-0.1, -0.05) is 23.2 Å². The Morgan fingerprint density at radius 3 is 2.69 bits per heavy atom. The van der Waals surface area contributed by atoms with Crippen LogP contribution >= 0.6 is 34.5 Å². The van der Waals surface area contributed by atoms with Crippen molar-refractivity contribution in [2.24, 2.45) is 5.14 Å². The molecule has 6 nitrogen and oxygen atoms in total. The summed E-state index contributed by atoms with van der Waals surface area (Å²) in [6.45, 7) is 1.45. The van der Waals surface area contributed by atoms with Crippen LogP contribution in [0.2, 0.25) is 10.0 Å². The number of rotatable bonds is 4. The van der Waals surface area contributed by atoms with Crippen molar-refractivity contribution in [3.05, 3.63) is 45.3 Å². The Bertz CT molecular complexity index is 931. The van der Waals surface area contributed by atoms with Gasteiger partial charge in [0, 0.05) is 24.2 Å². The maximum atomic E-state index is 12.4. The summed E-state index contributed by atoms with van der Waals surface area (Å²) in [6.07, 6.45) is 1.73. The number of amides is 1. The number of hydrogen-bond acceptors (Lipinski definition) is 5. The molecule has 0 saturated carbocycles. The first kappa shape index (κ1) is 19.4. The van der Waals surface area contributed by atoms with Crippen LogP contribution in [-0.4, -0.2) is 33.5 Å². The molecule has 0 spiro atoms. The molecule has 2 aromatic rings. The fourth-order valence-electron chi connectivity index (χ4n) is 2.90. The predicted octanol–water partition coefficient (Wildman–Crippen LogP) is 3.10. The molecule has 2 heterocycles. The van der Waals surface area contributed by atoms with E-state index in [1.54, 1.807) is 12.1 Å². The zero-order chi connectivity index (χ0) is 18.9. The van der Waals surface area contributed by atoms with E-state index in [2.05, 4.69) is 10.2 Å². The van der Waals surface area contributed by atoms with E-state index in [1.165, 1.54) is 12.1 Å². The van der Waals surface area contributed by atoms with Gasteiger partial charge >= 0.3 is 0 Å². The molecule has 10 heteroatoms. The van der Waals surface area contributed by atoms with E-state index >= 15 is 0 Å². The van der Waals surface area contributed by atoms with Crippen LogP contribution in [0.15, 0.2) is 34.5 Å². The molecule has 3 N–H and O–H groups in total. The van der Waals surface area contributed by atoms with Crippen LogP contribution < -0.4 is 15.4 Å². The molecule has 0 aliphatic carbocycles. The molecule has 1 saturated heterocycles. The Morgan fingerprint density at radius 2 is 2.04 bits per heavy atom. The van der Waals surface area contributed by atoms with E-state index in [4.69, 9.17) is 28.3 Å². The lowest BCUT2D eigenvalue weighted by Gasteiger charge is -2.35. The average molecular weight is 434 g/mol. The van der Waals surface area contributed by atoms with Crippen LogP contribution in [-0.2, 0) is 10.0 Å². The smallest absolute Gasteiger partial charge is 0.261 e. The lowest BCUT2D eigenvalue weighted by molar-refractivity contribution is 0.0937. The normalized spacial score (nSPS) is 18.0. The summed E-state index contributed by atoms with van der Waals surface area (Å²) in [5.74, 6) is -0.307.